The van der Waals surface area contributed by atoms with Crippen LogP contribution >= 0.6 is 10.7 Å². The Morgan fingerprint density at radius 2 is 2.12 bits per heavy atom. The predicted octanol–water partition coefficient (Wildman–Crippen LogP) is 0.933. The SMILES string of the molecule is O=S(=O)(Cl)c1nc(-c2cncc(F)c2)n[nH]1. The molecule has 0 fully saturated rings. The molecule has 0 bridgehead atoms. The van der Waals surface area contributed by atoms with E-state index in [1.54, 1.807) is 0 Å². The van der Waals surface area contributed by atoms with Gasteiger partial charge in [0.25, 0.3) is 14.2 Å². The highest BCUT2D eigenvalue weighted by Crippen LogP contribution is 2.17. The van der Waals surface area contributed by atoms with Gasteiger partial charge in [-0.2, -0.15) is 10.1 Å². The molecule has 2 heterocycles. The van der Waals surface area contributed by atoms with E-state index in [9.17, 15) is 12.8 Å². The summed E-state index contributed by atoms with van der Waals surface area (Å²) in [5, 5.41) is 5.23. The molecular formula is C7H4ClFN4O2S. The van der Waals surface area contributed by atoms with E-state index >= 15 is 0 Å². The Balaban J connectivity index is 2.47. The summed E-state index contributed by atoms with van der Waals surface area (Å²) in [5.74, 6) is -0.566. The van der Waals surface area contributed by atoms with E-state index in [0.29, 0.717) is 0 Å². The third-order valence-electron chi connectivity index (χ3n) is 1.66. The van der Waals surface area contributed by atoms with Crippen molar-refractivity contribution in [2.45, 2.75) is 5.16 Å². The molecule has 0 saturated heterocycles. The van der Waals surface area contributed by atoms with Crippen LogP contribution in [0.4, 0.5) is 4.39 Å². The summed E-state index contributed by atoms with van der Waals surface area (Å²) < 4.78 is 34.6. The lowest BCUT2D eigenvalue weighted by molar-refractivity contribution is 0.602. The minimum absolute atomic E-state index is 0.00576. The molecule has 16 heavy (non-hydrogen) atoms. The Morgan fingerprint density at radius 1 is 1.38 bits per heavy atom. The van der Waals surface area contributed by atoms with Gasteiger partial charge in [0.1, 0.15) is 5.82 Å². The molecule has 0 aliphatic carbocycles. The van der Waals surface area contributed by atoms with Crippen LogP contribution in [0.1, 0.15) is 0 Å². The van der Waals surface area contributed by atoms with Gasteiger partial charge in [-0.15, -0.1) is 0 Å². The van der Waals surface area contributed by atoms with E-state index in [2.05, 4.69) is 20.2 Å². The first-order chi connectivity index (χ1) is 7.47. The quantitative estimate of drug-likeness (QED) is 0.814. The Kier molecular flexibility index (Phi) is 2.60. The van der Waals surface area contributed by atoms with Gasteiger partial charge in [0, 0.05) is 22.4 Å². The number of pyridine rings is 1. The van der Waals surface area contributed by atoms with Crippen LogP contribution in [0.2, 0.25) is 0 Å². The maximum atomic E-state index is 12.8. The molecule has 1 N–H and O–H groups in total. The second-order valence-electron chi connectivity index (χ2n) is 2.79. The first kappa shape index (κ1) is 11.0. The maximum Gasteiger partial charge on any atom is 0.296 e. The normalized spacial score (nSPS) is 11.6. The fourth-order valence-corrected chi connectivity index (χ4v) is 1.58. The monoisotopic (exact) mass is 262 g/mol. The molecule has 2 rings (SSSR count). The molecule has 0 spiro atoms. The lowest BCUT2D eigenvalue weighted by atomic mass is 10.3. The zero-order valence-corrected chi connectivity index (χ0v) is 9.13. The third-order valence-corrected chi connectivity index (χ3v) is 2.74. The number of H-pyrrole nitrogens is 1. The molecule has 0 saturated carbocycles. The van der Waals surface area contributed by atoms with Crippen LogP contribution in [0.3, 0.4) is 0 Å². The first-order valence-electron chi connectivity index (χ1n) is 3.95. The van der Waals surface area contributed by atoms with Gasteiger partial charge in [0.15, 0.2) is 5.82 Å². The zero-order chi connectivity index (χ0) is 11.8. The first-order valence-corrected chi connectivity index (χ1v) is 6.26. The summed E-state index contributed by atoms with van der Waals surface area (Å²) in [7, 11) is 1.07. The number of hydrogen-bond acceptors (Lipinski definition) is 5. The fourth-order valence-electron chi connectivity index (χ4n) is 1.02. The topological polar surface area (TPSA) is 88.6 Å². The molecule has 0 amide bonds. The van der Waals surface area contributed by atoms with E-state index in [1.165, 1.54) is 6.20 Å². The van der Waals surface area contributed by atoms with E-state index in [4.69, 9.17) is 10.7 Å². The minimum atomic E-state index is -3.97. The number of nitrogens with zero attached hydrogens (tertiary/aromatic N) is 3. The molecule has 0 atom stereocenters. The number of nitrogens with one attached hydrogen (secondary N) is 1. The third kappa shape index (κ3) is 2.17. The summed E-state index contributed by atoms with van der Waals surface area (Å²) in [5.41, 5.74) is 0.253. The molecule has 2 aromatic rings. The van der Waals surface area contributed by atoms with Gasteiger partial charge in [-0.3, -0.25) is 4.98 Å². The number of aromatic nitrogens is 4. The van der Waals surface area contributed by atoms with Crippen LogP contribution < -0.4 is 0 Å². The summed E-state index contributed by atoms with van der Waals surface area (Å²) in [4.78, 5) is 7.18. The summed E-state index contributed by atoms with van der Waals surface area (Å²) in [6, 6.07) is 1.13. The van der Waals surface area contributed by atoms with Crippen molar-refractivity contribution in [2.75, 3.05) is 0 Å². The van der Waals surface area contributed by atoms with E-state index in [0.717, 1.165) is 12.3 Å². The average Bonchev–Trinajstić information content (AvgIpc) is 2.65. The standard InChI is InChI=1S/C7H4ClFN4O2S/c8-16(14,15)7-11-6(12-13-7)4-1-5(9)3-10-2-4/h1-3H,(H,11,12,13). The summed E-state index contributed by atoms with van der Waals surface area (Å²) in [6.45, 7) is 0. The molecule has 0 aromatic carbocycles. The summed E-state index contributed by atoms with van der Waals surface area (Å²) in [6.07, 6.45) is 2.31. The molecule has 0 aliphatic heterocycles. The van der Waals surface area contributed by atoms with Crippen molar-refractivity contribution in [3.8, 4) is 11.4 Å². The largest absolute Gasteiger partial charge is 0.296 e. The van der Waals surface area contributed by atoms with Gasteiger partial charge >= 0.3 is 0 Å². The van der Waals surface area contributed by atoms with Crippen molar-refractivity contribution < 1.29 is 12.8 Å². The Labute approximate surface area is 93.9 Å². The molecule has 0 radical (unpaired) electrons. The minimum Gasteiger partial charge on any atom is -0.261 e. The number of hydrogen-bond donors (Lipinski definition) is 1. The smallest absolute Gasteiger partial charge is 0.261 e. The van der Waals surface area contributed by atoms with Crippen molar-refractivity contribution in [3.63, 3.8) is 0 Å². The van der Waals surface area contributed by atoms with Crippen molar-refractivity contribution in [1.82, 2.24) is 20.2 Å². The van der Waals surface area contributed by atoms with E-state index < -0.39 is 20.0 Å². The fraction of sp³-hybridized carbons (Fsp3) is 0. The van der Waals surface area contributed by atoms with Crippen molar-refractivity contribution >= 4 is 19.7 Å². The van der Waals surface area contributed by atoms with Gasteiger partial charge in [-0.05, 0) is 6.07 Å². The van der Waals surface area contributed by atoms with E-state index in [1.807, 2.05) is 0 Å². The molecule has 0 unspecified atom stereocenters. The second-order valence-corrected chi connectivity index (χ2v) is 5.28. The Hall–Kier alpha value is -1.54. The van der Waals surface area contributed by atoms with Gasteiger partial charge in [0.2, 0.25) is 0 Å². The highest BCUT2D eigenvalue weighted by Gasteiger charge is 2.16. The van der Waals surface area contributed by atoms with Crippen LogP contribution in [0.5, 0.6) is 0 Å². The highest BCUT2D eigenvalue weighted by atomic mass is 35.7. The molecule has 2 aromatic heterocycles. The number of aromatic amines is 1. The number of rotatable bonds is 2. The van der Waals surface area contributed by atoms with Crippen LogP contribution in [0.15, 0.2) is 23.6 Å². The van der Waals surface area contributed by atoms with Crippen molar-refractivity contribution in [2.24, 2.45) is 0 Å². The molecule has 84 valence electrons. The van der Waals surface area contributed by atoms with Crippen LogP contribution in [0.25, 0.3) is 11.4 Å². The average molecular weight is 263 g/mol. The Bertz CT molecular complexity index is 627. The highest BCUT2D eigenvalue weighted by molar-refractivity contribution is 8.13. The van der Waals surface area contributed by atoms with Crippen molar-refractivity contribution in [1.29, 1.82) is 0 Å². The van der Waals surface area contributed by atoms with Gasteiger partial charge in [-0.1, -0.05) is 0 Å². The lowest BCUT2D eigenvalue weighted by Gasteiger charge is -1.92. The maximum absolute atomic E-state index is 12.8. The van der Waals surface area contributed by atoms with Crippen LogP contribution in [0, 0.1) is 5.82 Å². The molecule has 6 nitrogen and oxygen atoms in total. The predicted molar refractivity (Wildman–Crippen MR) is 52.6 cm³/mol. The van der Waals surface area contributed by atoms with Crippen LogP contribution in [-0.2, 0) is 9.05 Å². The van der Waals surface area contributed by atoms with Gasteiger partial charge < -0.3 is 0 Å². The molecular weight excluding hydrogens is 259 g/mol. The summed E-state index contributed by atoms with van der Waals surface area (Å²) >= 11 is 0. The zero-order valence-electron chi connectivity index (χ0n) is 7.55. The lowest BCUT2D eigenvalue weighted by Crippen LogP contribution is -1.92. The van der Waals surface area contributed by atoms with Gasteiger partial charge in [0.05, 0.1) is 6.20 Å². The van der Waals surface area contributed by atoms with E-state index in [-0.39, 0.29) is 11.4 Å². The Morgan fingerprint density at radius 3 is 2.69 bits per heavy atom. The van der Waals surface area contributed by atoms with Gasteiger partial charge in [-0.25, -0.2) is 17.9 Å². The van der Waals surface area contributed by atoms with Crippen molar-refractivity contribution in [3.05, 3.63) is 24.3 Å². The second kappa shape index (κ2) is 3.80. The molecule has 9 heteroatoms. The van der Waals surface area contributed by atoms with Crippen LogP contribution in [-0.4, -0.2) is 28.6 Å². The number of halogens is 2. The molecule has 0 aliphatic rings.